The van der Waals surface area contributed by atoms with Crippen molar-refractivity contribution in [1.29, 1.82) is 0 Å². The van der Waals surface area contributed by atoms with Crippen LogP contribution in [0.3, 0.4) is 0 Å². The average Bonchev–Trinajstić information content (AvgIpc) is 2.01. The fourth-order valence-corrected chi connectivity index (χ4v) is 2.40. The lowest BCUT2D eigenvalue weighted by atomic mass is 9.77. The highest BCUT2D eigenvalue weighted by molar-refractivity contribution is 9.10. The van der Waals surface area contributed by atoms with E-state index < -0.39 is 0 Å². The molecule has 0 unspecified atom stereocenters. The van der Waals surface area contributed by atoms with Crippen molar-refractivity contribution in [3.63, 3.8) is 0 Å². The van der Waals surface area contributed by atoms with E-state index in [2.05, 4.69) is 40.2 Å². The summed E-state index contributed by atoms with van der Waals surface area (Å²) in [6.45, 7) is 0. The highest BCUT2D eigenvalue weighted by Gasteiger charge is 2.25. The van der Waals surface area contributed by atoms with E-state index in [1.54, 1.807) is 0 Å². The second-order valence-electron chi connectivity index (χ2n) is 3.93. The van der Waals surface area contributed by atoms with Gasteiger partial charge in [0.15, 0.2) is 0 Å². The highest BCUT2D eigenvalue weighted by Crippen LogP contribution is 2.29. The third-order valence-electron chi connectivity index (χ3n) is 2.69. The minimum atomic E-state index is 0.470. The van der Waals surface area contributed by atoms with E-state index in [0.717, 1.165) is 5.92 Å². The molecule has 2 rings (SSSR count). The van der Waals surface area contributed by atoms with Gasteiger partial charge in [-0.15, -0.1) is 0 Å². The van der Waals surface area contributed by atoms with Crippen molar-refractivity contribution < 1.29 is 0 Å². The van der Waals surface area contributed by atoms with Crippen LogP contribution in [-0.2, 0) is 6.42 Å². The predicted molar refractivity (Wildman–Crippen MR) is 58.5 cm³/mol. The largest absolute Gasteiger partial charge is 0.328 e. The lowest BCUT2D eigenvalue weighted by Crippen LogP contribution is -2.37. The molecule has 13 heavy (non-hydrogen) atoms. The highest BCUT2D eigenvalue weighted by atomic mass is 79.9. The quantitative estimate of drug-likeness (QED) is 0.845. The van der Waals surface area contributed by atoms with Gasteiger partial charge in [0.05, 0.1) is 0 Å². The van der Waals surface area contributed by atoms with Gasteiger partial charge in [-0.25, -0.2) is 0 Å². The van der Waals surface area contributed by atoms with E-state index in [9.17, 15) is 0 Å². The Bertz CT molecular complexity index is 292. The lowest BCUT2D eigenvalue weighted by Gasteiger charge is -2.32. The van der Waals surface area contributed by atoms with Crippen LogP contribution in [-0.4, -0.2) is 6.04 Å². The number of rotatable bonds is 2. The van der Waals surface area contributed by atoms with Crippen LogP contribution < -0.4 is 5.73 Å². The third-order valence-corrected chi connectivity index (χ3v) is 3.18. The van der Waals surface area contributed by atoms with Gasteiger partial charge in [0.2, 0.25) is 0 Å². The minimum Gasteiger partial charge on any atom is -0.328 e. The van der Waals surface area contributed by atoms with Gasteiger partial charge in [-0.3, -0.25) is 0 Å². The molecule has 0 saturated heterocycles. The first-order valence-corrected chi connectivity index (χ1v) is 5.53. The van der Waals surface area contributed by atoms with Crippen molar-refractivity contribution in [3.05, 3.63) is 34.3 Å². The summed E-state index contributed by atoms with van der Waals surface area (Å²) in [6.07, 6.45) is 3.59. The smallest absolute Gasteiger partial charge is 0.0177 e. The van der Waals surface area contributed by atoms with Crippen molar-refractivity contribution in [2.75, 3.05) is 0 Å². The van der Waals surface area contributed by atoms with E-state index in [0.29, 0.717) is 6.04 Å². The Morgan fingerprint density at radius 2 is 2.15 bits per heavy atom. The van der Waals surface area contributed by atoms with Gasteiger partial charge < -0.3 is 5.73 Å². The molecule has 1 aliphatic carbocycles. The lowest BCUT2D eigenvalue weighted by molar-refractivity contribution is 0.264. The van der Waals surface area contributed by atoms with Crippen molar-refractivity contribution in [2.24, 2.45) is 11.7 Å². The standard InChI is InChI=1S/C11H14BrN/c12-10-3-1-2-8(5-10)4-9-6-11(13)7-9/h1-3,5,9,11H,4,6-7,13H2. The number of halogens is 1. The Labute approximate surface area is 87.5 Å². The second-order valence-corrected chi connectivity index (χ2v) is 4.85. The van der Waals surface area contributed by atoms with E-state index in [-0.39, 0.29) is 0 Å². The maximum atomic E-state index is 5.74. The van der Waals surface area contributed by atoms with Crippen LogP contribution in [0, 0.1) is 5.92 Å². The number of benzene rings is 1. The Hall–Kier alpha value is -0.340. The molecule has 0 spiro atoms. The van der Waals surface area contributed by atoms with Gasteiger partial charge in [-0.05, 0) is 42.9 Å². The Morgan fingerprint density at radius 3 is 2.77 bits per heavy atom. The van der Waals surface area contributed by atoms with E-state index >= 15 is 0 Å². The Kier molecular flexibility index (Phi) is 2.70. The van der Waals surface area contributed by atoms with Crippen LogP contribution in [0.4, 0.5) is 0 Å². The molecular formula is C11H14BrN. The monoisotopic (exact) mass is 239 g/mol. The zero-order valence-corrected chi connectivity index (χ0v) is 9.13. The first-order chi connectivity index (χ1) is 6.24. The third kappa shape index (κ3) is 2.32. The van der Waals surface area contributed by atoms with Gasteiger partial charge in [0, 0.05) is 10.5 Å². The van der Waals surface area contributed by atoms with Crippen LogP contribution in [0.25, 0.3) is 0 Å². The number of nitrogens with two attached hydrogens (primary N) is 1. The number of hydrogen-bond acceptors (Lipinski definition) is 1. The Morgan fingerprint density at radius 1 is 1.38 bits per heavy atom. The Balaban J connectivity index is 1.94. The molecule has 1 aromatic rings. The molecule has 0 aromatic heterocycles. The molecular weight excluding hydrogens is 226 g/mol. The van der Waals surface area contributed by atoms with Crippen LogP contribution in [0.2, 0.25) is 0 Å². The van der Waals surface area contributed by atoms with Gasteiger partial charge in [0.1, 0.15) is 0 Å². The van der Waals surface area contributed by atoms with Crippen LogP contribution >= 0.6 is 15.9 Å². The molecule has 1 aliphatic rings. The zero-order valence-electron chi connectivity index (χ0n) is 7.54. The summed E-state index contributed by atoms with van der Waals surface area (Å²) in [6, 6.07) is 9.02. The summed E-state index contributed by atoms with van der Waals surface area (Å²) in [5.41, 5.74) is 7.17. The summed E-state index contributed by atoms with van der Waals surface area (Å²) in [4.78, 5) is 0. The van der Waals surface area contributed by atoms with Crippen molar-refractivity contribution in [2.45, 2.75) is 25.3 Å². The molecule has 2 N–H and O–H groups in total. The first-order valence-electron chi connectivity index (χ1n) is 4.74. The first kappa shape index (κ1) is 9.22. The van der Waals surface area contributed by atoms with Crippen LogP contribution in [0.15, 0.2) is 28.7 Å². The predicted octanol–water partition coefficient (Wildman–Crippen LogP) is 2.73. The van der Waals surface area contributed by atoms with Gasteiger partial charge in [-0.2, -0.15) is 0 Å². The fourth-order valence-electron chi connectivity index (χ4n) is 1.95. The maximum absolute atomic E-state index is 5.74. The second kappa shape index (κ2) is 3.81. The van der Waals surface area contributed by atoms with Gasteiger partial charge in [0.25, 0.3) is 0 Å². The molecule has 70 valence electrons. The molecule has 0 atom stereocenters. The molecule has 1 saturated carbocycles. The van der Waals surface area contributed by atoms with E-state index in [1.807, 2.05) is 0 Å². The van der Waals surface area contributed by atoms with Crippen LogP contribution in [0.5, 0.6) is 0 Å². The normalized spacial score (nSPS) is 26.9. The molecule has 1 fully saturated rings. The SMILES string of the molecule is NC1CC(Cc2cccc(Br)c2)C1. The molecule has 0 heterocycles. The minimum absolute atomic E-state index is 0.470. The maximum Gasteiger partial charge on any atom is 0.0177 e. The molecule has 2 heteroatoms. The topological polar surface area (TPSA) is 26.0 Å². The van der Waals surface area contributed by atoms with Crippen LogP contribution in [0.1, 0.15) is 18.4 Å². The zero-order chi connectivity index (χ0) is 9.26. The average molecular weight is 240 g/mol. The number of hydrogen-bond donors (Lipinski definition) is 1. The molecule has 0 bridgehead atoms. The van der Waals surface area contributed by atoms with Gasteiger partial charge >= 0.3 is 0 Å². The van der Waals surface area contributed by atoms with Crippen molar-refractivity contribution >= 4 is 15.9 Å². The summed E-state index contributed by atoms with van der Waals surface area (Å²) in [5.74, 6) is 0.823. The summed E-state index contributed by atoms with van der Waals surface area (Å²) in [7, 11) is 0. The van der Waals surface area contributed by atoms with Crippen molar-refractivity contribution in [3.8, 4) is 0 Å². The fraction of sp³-hybridized carbons (Fsp3) is 0.455. The molecule has 0 aliphatic heterocycles. The molecule has 0 radical (unpaired) electrons. The molecule has 0 amide bonds. The van der Waals surface area contributed by atoms with E-state index in [1.165, 1.54) is 29.3 Å². The van der Waals surface area contributed by atoms with Crippen molar-refractivity contribution in [1.82, 2.24) is 0 Å². The summed E-state index contributed by atoms with van der Waals surface area (Å²) >= 11 is 3.48. The molecule has 1 nitrogen and oxygen atoms in total. The van der Waals surface area contributed by atoms with E-state index in [4.69, 9.17) is 5.73 Å². The molecule has 1 aromatic carbocycles. The van der Waals surface area contributed by atoms with Gasteiger partial charge in [-0.1, -0.05) is 28.1 Å². The summed E-state index contributed by atoms with van der Waals surface area (Å²) in [5, 5.41) is 0. The summed E-state index contributed by atoms with van der Waals surface area (Å²) < 4.78 is 1.17.